The first-order valence-corrected chi connectivity index (χ1v) is 10.9. The van der Waals surface area contributed by atoms with Crippen molar-refractivity contribution in [1.29, 1.82) is 0 Å². The van der Waals surface area contributed by atoms with Crippen molar-refractivity contribution in [3.05, 3.63) is 59.1 Å². The molecule has 2 aliphatic rings. The molecule has 1 saturated heterocycles. The van der Waals surface area contributed by atoms with Crippen molar-refractivity contribution >= 4 is 33.2 Å². The molecule has 0 aromatic heterocycles. The lowest BCUT2D eigenvalue weighted by molar-refractivity contribution is -0.121. The number of benzene rings is 2. The lowest BCUT2D eigenvalue weighted by atomic mass is 10.1. The summed E-state index contributed by atoms with van der Waals surface area (Å²) in [6.45, 7) is 2.36. The largest absolute Gasteiger partial charge is 0.308 e. The zero-order chi connectivity index (χ0) is 19.2. The maximum Gasteiger partial charge on any atom is 0.245 e. The van der Waals surface area contributed by atoms with Crippen LogP contribution in [0.3, 0.4) is 0 Å². The minimum atomic E-state index is -3.75. The van der Waals surface area contributed by atoms with E-state index < -0.39 is 16.1 Å². The van der Waals surface area contributed by atoms with Crippen molar-refractivity contribution in [2.45, 2.75) is 43.2 Å². The zero-order valence-corrected chi connectivity index (χ0v) is 16.6. The summed E-state index contributed by atoms with van der Waals surface area (Å²) < 4.78 is 27.6. The van der Waals surface area contributed by atoms with Crippen molar-refractivity contribution in [2.75, 3.05) is 11.4 Å². The van der Waals surface area contributed by atoms with Gasteiger partial charge in [-0.3, -0.25) is 4.79 Å². The predicted molar refractivity (Wildman–Crippen MR) is 105 cm³/mol. The molecule has 0 spiro atoms. The topological polar surface area (TPSA) is 57.7 Å². The van der Waals surface area contributed by atoms with Gasteiger partial charge in [0.05, 0.1) is 4.90 Å². The number of halogens is 1. The summed E-state index contributed by atoms with van der Waals surface area (Å²) in [6.07, 6.45) is 2.00. The number of fused-ring (bicyclic) bond motifs is 1. The molecule has 0 aliphatic carbocycles. The second-order valence-electron chi connectivity index (χ2n) is 7.12. The second kappa shape index (κ2) is 6.93. The van der Waals surface area contributed by atoms with Crippen molar-refractivity contribution in [1.82, 2.24) is 4.31 Å². The van der Waals surface area contributed by atoms with Crippen LogP contribution in [0.1, 0.15) is 25.3 Å². The summed E-state index contributed by atoms with van der Waals surface area (Å²) in [5.41, 5.74) is 2.02. The van der Waals surface area contributed by atoms with Crippen LogP contribution in [0, 0.1) is 0 Å². The van der Waals surface area contributed by atoms with Crippen LogP contribution in [-0.2, 0) is 21.2 Å². The van der Waals surface area contributed by atoms with Crippen LogP contribution in [0.25, 0.3) is 0 Å². The average molecular weight is 405 g/mol. The van der Waals surface area contributed by atoms with Gasteiger partial charge in [-0.05, 0) is 62.1 Å². The molecule has 1 amide bonds. The van der Waals surface area contributed by atoms with Crippen molar-refractivity contribution in [3.63, 3.8) is 0 Å². The molecule has 4 rings (SSSR count). The minimum Gasteiger partial charge on any atom is -0.308 e. The van der Waals surface area contributed by atoms with Crippen LogP contribution in [-0.4, -0.2) is 37.3 Å². The Bertz CT molecular complexity index is 975. The Hall–Kier alpha value is -1.89. The quantitative estimate of drug-likeness (QED) is 0.787. The lowest BCUT2D eigenvalue weighted by Crippen LogP contribution is -2.49. The molecule has 5 nitrogen and oxygen atoms in total. The summed E-state index contributed by atoms with van der Waals surface area (Å²) >= 11 is 5.88. The molecule has 27 heavy (non-hydrogen) atoms. The van der Waals surface area contributed by atoms with Gasteiger partial charge in [0.25, 0.3) is 0 Å². The van der Waals surface area contributed by atoms with Gasteiger partial charge in [0.15, 0.2) is 0 Å². The molecular formula is C20H21ClN2O3S. The maximum atomic E-state index is 13.4. The first-order chi connectivity index (χ1) is 12.9. The fourth-order valence-corrected chi connectivity index (χ4v) is 5.86. The molecule has 0 N–H and O–H groups in total. The van der Waals surface area contributed by atoms with Crippen molar-refractivity contribution in [2.24, 2.45) is 0 Å². The van der Waals surface area contributed by atoms with Crippen LogP contribution in [0.2, 0.25) is 5.02 Å². The lowest BCUT2D eigenvalue weighted by Gasteiger charge is -2.30. The van der Waals surface area contributed by atoms with Crippen LogP contribution in [0.15, 0.2) is 53.4 Å². The van der Waals surface area contributed by atoms with Gasteiger partial charge in [-0.1, -0.05) is 29.8 Å². The number of anilines is 1. The molecule has 0 unspecified atom stereocenters. The molecule has 2 aliphatic heterocycles. The van der Waals surface area contributed by atoms with E-state index in [0.717, 1.165) is 17.7 Å². The van der Waals surface area contributed by atoms with Gasteiger partial charge in [0.2, 0.25) is 15.9 Å². The SMILES string of the molecule is C[C@H]1Cc2ccccc2N1C(=O)[C@@H]1CCCN1S(=O)(=O)c1ccc(Cl)cc1. The fraction of sp³-hybridized carbons (Fsp3) is 0.350. The molecule has 1 fully saturated rings. The molecule has 7 heteroatoms. The van der Waals surface area contributed by atoms with Crippen LogP contribution in [0.5, 0.6) is 0 Å². The van der Waals surface area contributed by atoms with Crippen LogP contribution >= 0.6 is 11.6 Å². The van der Waals surface area contributed by atoms with E-state index >= 15 is 0 Å². The number of nitrogens with zero attached hydrogens (tertiary/aromatic N) is 2. The van der Waals surface area contributed by atoms with Crippen molar-refractivity contribution in [3.8, 4) is 0 Å². The molecule has 0 radical (unpaired) electrons. The Morgan fingerprint density at radius 1 is 1.11 bits per heavy atom. The predicted octanol–water partition coefficient (Wildman–Crippen LogP) is 3.47. The van der Waals surface area contributed by atoms with E-state index in [1.54, 1.807) is 17.0 Å². The highest BCUT2D eigenvalue weighted by molar-refractivity contribution is 7.89. The molecule has 2 aromatic rings. The monoisotopic (exact) mass is 404 g/mol. The summed E-state index contributed by atoms with van der Waals surface area (Å²) in [5, 5.41) is 0.477. The molecule has 0 bridgehead atoms. The normalized spacial score (nSPS) is 22.8. The number of sulfonamides is 1. The Kier molecular flexibility index (Phi) is 4.74. The fourth-order valence-electron chi connectivity index (χ4n) is 4.08. The average Bonchev–Trinajstić information content (AvgIpc) is 3.26. The zero-order valence-electron chi connectivity index (χ0n) is 15.0. The van der Waals surface area contributed by atoms with E-state index in [1.807, 2.05) is 31.2 Å². The van der Waals surface area contributed by atoms with Crippen LogP contribution in [0.4, 0.5) is 5.69 Å². The summed E-state index contributed by atoms with van der Waals surface area (Å²) in [5.74, 6) is -0.137. The van der Waals surface area contributed by atoms with Crippen LogP contribution < -0.4 is 4.90 Å². The van der Waals surface area contributed by atoms with E-state index in [1.165, 1.54) is 16.4 Å². The van der Waals surface area contributed by atoms with E-state index in [0.29, 0.717) is 24.4 Å². The third-order valence-electron chi connectivity index (χ3n) is 5.35. The molecule has 2 atom stereocenters. The second-order valence-corrected chi connectivity index (χ2v) is 9.44. The Labute approximate surface area is 164 Å². The van der Waals surface area contributed by atoms with Gasteiger partial charge in [-0.2, -0.15) is 4.31 Å². The Morgan fingerprint density at radius 2 is 1.81 bits per heavy atom. The summed E-state index contributed by atoms with van der Waals surface area (Å²) in [6, 6.07) is 13.3. The standard InChI is InChI=1S/C20H21ClN2O3S/c1-14-13-15-5-2-3-6-18(15)23(14)20(24)19-7-4-12-22(19)27(25,26)17-10-8-16(21)9-11-17/h2-3,5-6,8-11,14,19H,4,7,12-13H2,1H3/t14-,19-/m0/s1. The Morgan fingerprint density at radius 3 is 2.56 bits per heavy atom. The van der Waals surface area contributed by atoms with E-state index in [-0.39, 0.29) is 16.8 Å². The third-order valence-corrected chi connectivity index (χ3v) is 7.53. The molecule has 0 saturated carbocycles. The molecule has 2 aromatic carbocycles. The molecular weight excluding hydrogens is 384 g/mol. The van der Waals surface area contributed by atoms with E-state index in [9.17, 15) is 13.2 Å². The number of carbonyl (C=O) groups excluding carboxylic acids is 1. The summed E-state index contributed by atoms with van der Waals surface area (Å²) in [4.78, 5) is 15.3. The smallest absolute Gasteiger partial charge is 0.245 e. The third kappa shape index (κ3) is 3.16. The van der Waals surface area contributed by atoms with E-state index in [2.05, 4.69) is 0 Å². The first-order valence-electron chi connectivity index (χ1n) is 9.08. The van der Waals surface area contributed by atoms with Crippen molar-refractivity contribution < 1.29 is 13.2 Å². The van der Waals surface area contributed by atoms with Gasteiger partial charge in [-0.15, -0.1) is 0 Å². The highest BCUT2D eigenvalue weighted by Crippen LogP contribution is 2.35. The number of amides is 1. The number of hydrogen-bond acceptors (Lipinski definition) is 3. The molecule has 142 valence electrons. The van der Waals surface area contributed by atoms with Gasteiger partial charge < -0.3 is 4.90 Å². The van der Waals surface area contributed by atoms with Gasteiger partial charge >= 0.3 is 0 Å². The molecule has 2 heterocycles. The van der Waals surface area contributed by atoms with Gasteiger partial charge in [0.1, 0.15) is 6.04 Å². The number of rotatable bonds is 3. The minimum absolute atomic E-state index is 0.0237. The van der Waals surface area contributed by atoms with Gasteiger partial charge in [-0.25, -0.2) is 8.42 Å². The highest BCUT2D eigenvalue weighted by Gasteiger charge is 2.43. The number of para-hydroxylation sites is 1. The highest BCUT2D eigenvalue weighted by atomic mass is 35.5. The number of hydrogen-bond donors (Lipinski definition) is 0. The first kappa shape index (κ1) is 18.5. The van der Waals surface area contributed by atoms with E-state index in [4.69, 9.17) is 11.6 Å². The number of carbonyl (C=O) groups is 1. The summed E-state index contributed by atoms with van der Waals surface area (Å²) in [7, 11) is -3.75. The van der Waals surface area contributed by atoms with Gasteiger partial charge in [0, 0.05) is 23.3 Å². The Balaban J connectivity index is 1.65. The maximum absolute atomic E-state index is 13.4.